The van der Waals surface area contributed by atoms with Crippen LogP contribution in [-0.2, 0) is 0 Å². The minimum absolute atomic E-state index is 0.465. The van der Waals surface area contributed by atoms with Crippen molar-refractivity contribution >= 4 is 0 Å². The van der Waals surface area contributed by atoms with E-state index in [4.69, 9.17) is 5.73 Å². The Balaban J connectivity index is 1.87. The second-order valence-corrected chi connectivity index (χ2v) is 6.94. The Bertz CT molecular complexity index is 254. The molecule has 0 aromatic rings. The number of piperidine rings is 1. The van der Waals surface area contributed by atoms with Crippen LogP contribution >= 0.6 is 0 Å². The highest BCUT2D eigenvalue weighted by Crippen LogP contribution is 2.33. The van der Waals surface area contributed by atoms with E-state index in [-0.39, 0.29) is 0 Å². The number of hydrogen-bond acceptors (Lipinski definition) is 2. The molecular weight excluding hydrogens is 232 g/mol. The number of rotatable bonds is 5. The normalized spacial score (nSPS) is 37.4. The number of nitrogens with two attached hydrogens (primary N) is 1. The first-order valence-corrected chi connectivity index (χ1v) is 8.74. The molecule has 2 nitrogen and oxygen atoms in total. The average Bonchev–Trinajstić information content (AvgIpc) is 2.43. The molecule has 0 bridgehead atoms. The van der Waals surface area contributed by atoms with Crippen molar-refractivity contribution in [2.45, 2.75) is 83.7 Å². The molecule has 0 radical (unpaired) electrons. The van der Waals surface area contributed by atoms with Crippen molar-refractivity contribution in [3.8, 4) is 0 Å². The third-order valence-corrected chi connectivity index (χ3v) is 5.54. The highest BCUT2D eigenvalue weighted by Gasteiger charge is 2.31. The fourth-order valence-corrected chi connectivity index (χ4v) is 4.33. The minimum Gasteiger partial charge on any atom is -0.327 e. The highest BCUT2D eigenvalue weighted by molar-refractivity contribution is 4.87. The lowest BCUT2D eigenvalue weighted by molar-refractivity contribution is 0.0906. The third-order valence-electron chi connectivity index (χ3n) is 5.54. The van der Waals surface area contributed by atoms with Crippen LogP contribution in [0.5, 0.6) is 0 Å². The van der Waals surface area contributed by atoms with Crippen LogP contribution in [0.15, 0.2) is 0 Å². The molecule has 0 aromatic heterocycles. The van der Waals surface area contributed by atoms with Gasteiger partial charge in [-0.15, -0.1) is 0 Å². The van der Waals surface area contributed by atoms with Crippen LogP contribution in [0, 0.1) is 11.8 Å². The summed E-state index contributed by atoms with van der Waals surface area (Å²) in [7, 11) is 0. The molecule has 112 valence electrons. The van der Waals surface area contributed by atoms with E-state index in [1.54, 1.807) is 0 Å². The summed E-state index contributed by atoms with van der Waals surface area (Å²) in [5.74, 6) is 1.72. The molecule has 2 aliphatic rings. The molecule has 4 atom stereocenters. The summed E-state index contributed by atoms with van der Waals surface area (Å²) in [5.41, 5.74) is 6.41. The Morgan fingerprint density at radius 2 is 1.95 bits per heavy atom. The van der Waals surface area contributed by atoms with Crippen molar-refractivity contribution in [1.82, 2.24) is 4.90 Å². The monoisotopic (exact) mass is 266 g/mol. The maximum atomic E-state index is 6.41. The first-order chi connectivity index (χ1) is 9.24. The molecule has 2 rings (SSSR count). The smallest absolute Gasteiger partial charge is 0.00927 e. The molecule has 2 N–H and O–H groups in total. The zero-order chi connectivity index (χ0) is 13.7. The van der Waals surface area contributed by atoms with Crippen LogP contribution in [0.3, 0.4) is 0 Å². The van der Waals surface area contributed by atoms with Crippen LogP contribution in [-0.4, -0.2) is 30.1 Å². The highest BCUT2D eigenvalue weighted by atomic mass is 15.2. The molecule has 4 unspecified atom stereocenters. The zero-order valence-corrected chi connectivity index (χ0v) is 13.1. The molecule has 1 saturated heterocycles. The second-order valence-electron chi connectivity index (χ2n) is 6.94. The van der Waals surface area contributed by atoms with Gasteiger partial charge in [-0.2, -0.15) is 0 Å². The molecule has 2 fully saturated rings. The molecular formula is C17H34N2. The molecule has 0 aromatic carbocycles. The van der Waals surface area contributed by atoms with Crippen LogP contribution in [0.1, 0.15) is 71.6 Å². The van der Waals surface area contributed by atoms with Gasteiger partial charge in [0.25, 0.3) is 0 Å². The van der Waals surface area contributed by atoms with Gasteiger partial charge < -0.3 is 10.6 Å². The van der Waals surface area contributed by atoms with E-state index in [1.807, 2.05) is 0 Å². The van der Waals surface area contributed by atoms with Crippen molar-refractivity contribution in [3.63, 3.8) is 0 Å². The van der Waals surface area contributed by atoms with Crippen LogP contribution in [0.4, 0.5) is 0 Å². The van der Waals surface area contributed by atoms with Gasteiger partial charge in [-0.3, -0.25) is 0 Å². The largest absolute Gasteiger partial charge is 0.327 e. The van der Waals surface area contributed by atoms with Crippen molar-refractivity contribution in [3.05, 3.63) is 0 Å². The van der Waals surface area contributed by atoms with E-state index in [1.165, 1.54) is 70.9 Å². The maximum absolute atomic E-state index is 6.41. The van der Waals surface area contributed by atoms with Crippen LogP contribution in [0.25, 0.3) is 0 Å². The molecule has 1 heterocycles. The number of likely N-dealkylation sites (tertiary alicyclic amines) is 1. The van der Waals surface area contributed by atoms with E-state index in [9.17, 15) is 0 Å². The van der Waals surface area contributed by atoms with E-state index >= 15 is 0 Å². The van der Waals surface area contributed by atoms with Gasteiger partial charge in [-0.1, -0.05) is 33.1 Å². The van der Waals surface area contributed by atoms with Crippen molar-refractivity contribution in [2.24, 2.45) is 17.6 Å². The molecule has 2 heteroatoms. The summed E-state index contributed by atoms with van der Waals surface area (Å²) < 4.78 is 0. The molecule has 1 aliphatic carbocycles. The number of hydrogen-bond donors (Lipinski definition) is 1. The summed E-state index contributed by atoms with van der Waals surface area (Å²) in [5, 5.41) is 0. The Hall–Kier alpha value is -0.0800. The summed E-state index contributed by atoms with van der Waals surface area (Å²) in [4.78, 5) is 2.77. The quantitative estimate of drug-likeness (QED) is 0.820. The molecule has 0 amide bonds. The predicted octanol–water partition coefficient (Wildman–Crippen LogP) is 3.79. The number of nitrogens with zero attached hydrogens (tertiary/aromatic N) is 1. The van der Waals surface area contributed by atoms with Gasteiger partial charge in [0, 0.05) is 18.6 Å². The third kappa shape index (κ3) is 4.19. The van der Waals surface area contributed by atoms with Gasteiger partial charge in [0.2, 0.25) is 0 Å². The molecule has 1 saturated carbocycles. The van der Waals surface area contributed by atoms with E-state index in [0.29, 0.717) is 6.04 Å². The topological polar surface area (TPSA) is 29.3 Å². The van der Waals surface area contributed by atoms with Crippen LogP contribution in [0.2, 0.25) is 0 Å². The predicted molar refractivity (Wildman–Crippen MR) is 83.2 cm³/mol. The first-order valence-electron chi connectivity index (χ1n) is 8.74. The first kappa shape index (κ1) is 15.3. The fourth-order valence-electron chi connectivity index (χ4n) is 4.33. The minimum atomic E-state index is 0.465. The lowest BCUT2D eigenvalue weighted by Gasteiger charge is -2.41. The fraction of sp³-hybridized carbons (Fsp3) is 1.00. The average molecular weight is 266 g/mol. The zero-order valence-electron chi connectivity index (χ0n) is 13.1. The Morgan fingerprint density at radius 1 is 1.11 bits per heavy atom. The summed E-state index contributed by atoms with van der Waals surface area (Å²) in [6, 6.07) is 1.31. The van der Waals surface area contributed by atoms with E-state index in [2.05, 4.69) is 18.7 Å². The van der Waals surface area contributed by atoms with Crippen molar-refractivity contribution < 1.29 is 0 Å². The van der Waals surface area contributed by atoms with Gasteiger partial charge >= 0.3 is 0 Å². The maximum Gasteiger partial charge on any atom is 0.00927 e. The second kappa shape index (κ2) is 7.64. The van der Waals surface area contributed by atoms with Gasteiger partial charge in [0.15, 0.2) is 0 Å². The summed E-state index contributed by atoms with van der Waals surface area (Å²) >= 11 is 0. The lowest BCUT2D eigenvalue weighted by Crippen LogP contribution is -2.47. The Kier molecular flexibility index (Phi) is 6.15. The molecule has 1 aliphatic heterocycles. The summed E-state index contributed by atoms with van der Waals surface area (Å²) in [6.45, 7) is 7.27. The molecule has 0 spiro atoms. The Morgan fingerprint density at radius 3 is 2.68 bits per heavy atom. The van der Waals surface area contributed by atoms with Crippen molar-refractivity contribution in [2.75, 3.05) is 13.1 Å². The van der Waals surface area contributed by atoms with Gasteiger partial charge in [0.05, 0.1) is 0 Å². The van der Waals surface area contributed by atoms with E-state index in [0.717, 1.165) is 17.9 Å². The standard InChI is InChI=1S/C17H34N2/c1-3-7-14-9-10-17(18)15(12-14)13-19-11-6-5-8-16(19)4-2/h14-17H,3-13,18H2,1-2H3. The lowest BCUT2D eigenvalue weighted by atomic mass is 9.76. The summed E-state index contributed by atoms with van der Waals surface area (Å²) in [6.07, 6.45) is 12.4. The van der Waals surface area contributed by atoms with Crippen LogP contribution < -0.4 is 5.73 Å². The Labute approximate surface area is 120 Å². The van der Waals surface area contributed by atoms with Gasteiger partial charge in [0.1, 0.15) is 0 Å². The van der Waals surface area contributed by atoms with E-state index < -0.39 is 0 Å². The molecule has 19 heavy (non-hydrogen) atoms. The SMILES string of the molecule is CCCC1CCC(N)C(CN2CCCCC2CC)C1. The van der Waals surface area contributed by atoms with Gasteiger partial charge in [-0.25, -0.2) is 0 Å². The van der Waals surface area contributed by atoms with Gasteiger partial charge in [-0.05, 0) is 56.9 Å². The van der Waals surface area contributed by atoms with Crippen molar-refractivity contribution in [1.29, 1.82) is 0 Å².